The lowest BCUT2D eigenvalue weighted by molar-refractivity contribution is -0.183. The molecule has 1 amide bonds. The van der Waals surface area contributed by atoms with Crippen LogP contribution in [0.2, 0.25) is 0 Å². The standard InChI is InChI=1S/C9H16N2O3/c1-10(13-2)9(12)7-3-11(4-7)8-5-14-6-8/h7-8H,3-6H2,1-2H3. The predicted molar refractivity (Wildman–Crippen MR) is 49.4 cm³/mol. The van der Waals surface area contributed by atoms with Gasteiger partial charge in [-0.25, -0.2) is 5.06 Å². The number of amides is 1. The highest BCUT2D eigenvalue weighted by Gasteiger charge is 2.40. The highest BCUT2D eigenvalue weighted by Crippen LogP contribution is 2.23. The van der Waals surface area contributed by atoms with E-state index in [1.165, 1.54) is 12.2 Å². The van der Waals surface area contributed by atoms with Crippen molar-refractivity contribution >= 4 is 5.91 Å². The van der Waals surface area contributed by atoms with Crippen LogP contribution < -0.4 is 0 Å². The first-order valence-corrected chi connectivity index (χ1v) is 4.86. The molecule has 0 N–H and O–H groups in total. The molecule has 0 bridgehead atoms. The van der Waals surface area contributed by atoms with Crippen molar-refractivity contribution in [2.45, 2.75) is 6.04 Å². The van der Waals surface area contributed by atoms with E-state index in [2.05, 4.69) is 4.90 Å². The molecule has 0 aromatic rings. The number of carbonyl (C=O) groups excluding carboxylic acids is 1. The number of likely N-dealkylation sites (tertiary alicyclic amines) is 1. The Hall–Kier alpha value is -0.650. The lowest BCUT2D eigenvalue weighted by Crippen LogP contribution is -2.62. The Morgan fingerprint density at radius 3 is 2.57 bits per heavy atom. The zero-order valence-corrected chi connectivity index (χ0v) is 8.60. The van der Waals surface area contributed by atoms with Gasteiger partial charge in [0.1, 0.15) is 0 Å². The summed E-state index contributed by atoms with van der Waals surface area (Å²) in [6.45, 7) is 3.34. The number of carbonyl (C=O) groups is 1. The fraction of sp³-hybridized carbons (Fsp3) is 0.889. The first-order chi connectivity index (χ1) is 6.72. The Kier molecular flexibility index (Phi) is 2.71. The van der Waals surface area contributed by atoms with Gasteiger partial charge in [-0.3, -0.25) is 14.5 Å². The molecule has 0 aromatic heterocycles. The maximum absolute atomic E-state index is 11.6. The summed E-state index contributed by atoms with van der Waals surface area (Å²) in [5.41, 5.74) is 0. The molecule has 5 nitrogen and oxygen atoms in total. The normalized spacial score (nSPS) is 24.1. The van der Waals surface area contributed by atoms with Gasteiger partial charge in [-0.15, -0.1) is 0 Å². The molecule has 0 aromatic carbocycles. The monoisotopic (exact) mass is 200 g/mol. The quantitative estimate of drug-likeness (QED) is 0.567. The molecule has 0 saturated carbocycles. The van der Waals surface area contributed by atoms with Crippen LogP contribution in [0.4, 0.5) is 0 Å². The average molecular weight is 200 g/mol. The molecule has 0 unspecified atom stereocenters. The molecule has 0 atom stereocenters. The Labute approximate surface area is 83.5 Å². The smallest absolute Gasteiger partial charge is 0.251 e. The Bertz CT molecular complexity index is 224. The fourth-order valence-electron chi connectivity index (χ4n) is 1.75. The average Bonchev–Trinajstić information content (AvgIpc) is 2.04. The van der Waals surface area contributed by atoms with Crippen molar-refractivity contribution in [1.29, 1.82) is 0 Å². The molecule has 14 heavy (non-hydrogen) atoms. The van der Waals surface area contributed by atoms with Crippen LogP contribution in [-0.4, -0.2) is 62.4 Å². The van der Waals surface area contributed by atoms with Crippen LogP contribution in [0.3, 0.4) is 0 Å². The third-order valence-corrected chi connectivity index (χ3v) is 2.98. The zero-order chi connectivity index (χ0) is 10.1. The molecule has 2 aliphatic heterocycles. The number of hydroxylamine groups is 2. The Balaban J connectivity index is 1.73. The summed E-state index contributed by atoms with van der Waals surface area (Å²) in [5.74, 6) is 0.185. The molecule has 2 fully saturated rings. The van der Waals surface area contributed by atoms with Crippen molar-refractivity contribution in [2.24, 2.45) is 5.92 Å². The molecule has 2 rings (SSSR count). The predicted octanol–water partition coefficient (Wildman–Crippen LogP) is -0.663. The van der Waals surface area contributed by atoms with Crippen LogP contribution in [0.25, 0.3) is 0 Å². The Morgan fingerprint density at radius 2 is 2.14 bits per heavy atom. The molecule has 80 valence electrons. The first-order valence-electron chi connectivity index (χ1n) is 4.86. The lowest BCUT2D eigenvalue weighted by Gasteiger charge is -2.47. The van der Waals surface area contributed by atoms with Crippen LogP contribution in [0, 0.1) is 5.92 Å². The number of nitrogens with zero attached hydrogens (tertiary/aromatic N) is 2. The van der Waals surface area contributed by atoms with Crippen LogP contribution in [-0.2, 0) is 14.4 Å². The number of hydrogen-bond acceptors (Lipinski definition) is 4. The number of rotatable bonds is 3. The molecule has 0 radical (unpaired) electrons. The van der Waals surface area contributed by atoms with Crippen LogP contribution >= 0.6 is 0 Å². The molecule has 0 spiro atoms. The third kappa shape index (κ3) is 1.63. The summed E-state index contributed by atoms with van der Waals surface area (Å²) in [6.07, 6.45) is 0. The van der Waals surface area contributed by atoms with E-state index < -0.39 is 0 Å². The molecular weight excluding hydrogens is 184 g/mol. The summed E-state index contributed by atoms with van der Waals surface area (Å²) in [6, 6.07) is 0.548. The summed E-state index contributed by atoms with van der Waals surface area (Å²) >= 11 is 0. The second kappa shape index (κ2) is 3.84. The van der Waals surface area contributed by atoms with E-state index in [0.29, 0.717) is 6.04 Å². The second-order valence-corrected chi connectivity index (χ2v) is 3.86. The van der Waals surface area contributed by atoms with E-state index in [9.17, 15) is 4.79 Å². The third-order valence-electron chi connectivity index (χ3n) is 2.98. The summed E-state index contributed by atoms with van der Waals surface area (Å²) in [7, 11) is 3.16. The van der Waals surface area contributed by atoms with Crippen LogP contribution in [0.15, 0.2) is 0 Å². The fourth-order valence-corrected chi connectivity index (χ4v) is 1.75. The molecular formula is C9H16N2O3. The van der Waals surface area contributed by atoms with Gasteiger partial charge < -0.3 is 4.74 Å². The maximum Gasteiger partial charge on any atom is 0.251 e. The SMILES string of the molecule is CON(C)C(=O)C1CN(C2COC2)C1. The molecule has 0 aliphatic carbocycles. The highest BCUT2D eigenvalue weighted by molar-refractivity contribution is 5.79. The molecule has 2 aliphatic rings. The summed E-state index contributed by atoms with van der Waals surface area (Å²) in [5, 5.41) is 1.30. The highest BCUT2D eigenvalue weighted by atomic mass is 16.7. The van der Waals surface area contributed by atoms with Gasteiger partial charge >= 0.3 is 0 Å². The number of ether oxygens (including phenoxy) is 1. The van der Waals surface area contributed by atoms with Gasteiger partial charge in [0.15, 0.2) is 0 Å². The van der Waals surface area contributed by atoms with Crippen molar-refractivity contribution in [3.63, 3.8) is 0 Å². The van der Waals surface area contributed by atoms with Crippen molar-refractivity contribution in [3.05, 3.63) is 0 Å². The van der Waals surface area contributed by atoms with Crippen molar-refractivity contribution in [3.8, 4) is 0 Å². The minimum atomic E-state index is 0.0731. The minimum absolute atomic E-state index is 0.0731. The van der Waals surface area contributed by atoms with Gasteiger partial charge in [0.2, 0.25) is 0 Å². The largest absolute Gasteiger partial charge is 0.378 e. The van der Waals surface area contributed by atoms with E-state index in [4.69, 9.17) is 9.57 Å². The van der Waals surface area contributed by atoms with E-state index in [0.717, 1.165) is 26.3 Å². The lowest BCUT2D eigenvalue weighted by atomic mass is 9.96. The molecule has 5 heteroatoms. The molecule has 2 saturated heterocycles. The summed E-state index contributed by atoms with van der Waals surface area (Å²) < 4.78 is 5.09. The van der Waals surface area contributed by atoms with E-state index in [1.54, 1.807) is 7.05 Å². The van der Waals surface area contributed by atoms with Gasteiger partial charge in [-0.2, -0.15) is 0 Å². The van der Waals surface area contributed by atoms with Gasteiger partial charge in [0.25, 0.3) is 5.91 Å². The van der Waals surface area contributed by atoms with E-state index >= 15 is 0 Å². The van der Waals surface area contributed by atoms with Crippen LogP contribution in [0.5, 0.6) is 0 Å². The minimum Gasteiger partial charge on any atom is -0.378 e. The van der Waals surface area contributed by atoms with Crippen molar-refractivity contribution < 1.29 is 14.4 Å². The van der Waals surface area contributed by atoms with Gasteiger partial charge in [0, 0.05) is 20.1 Å². The van der Waals surface area contributed by atoms with Gasteiger partial charge in [0.05, 0.1) is 32.3 Å². The van der Waals surface area contributed by atoms with Crippen molar-refractivity contribution in [1.82, 2.24) is 9.96 Å². The summed E-state index contributed by atoms with van der Waals surface area (Å²) in [4.78, 5) is 18.7. The van der Waals surface area contributed by atoms with E-state index in [-0.39, 0.29) is 11.8 Å². The van der Waals surface area contributed by atoms with Gasteiger partial charge in [-0.1, -0.05) is 0 Å². The molecule has 2 heterocycles. The van der Waals surface area contributed by atoms with E-state index in [1.807, 2.05) is 0 Å². The number of hydrogen-bond donors (Lipinski definition) is 0. The second-order valence-electron chi connectivity index (χ2n) is 3.86. The zero-order valence-electron chi connectivity index (χ0n) is 8.60. The van der Waals surface area contributed by atoms with Crippen LogP contribution in [0.1, 0.15) is 0 Å². The topological polar surface area (TPSA) is 42.0 Å². The first kappa shape index (κ1) is 9.89. The van der Waals surface area contributed by atoms with Crippen molar-refractivity contribution in [2.75, 3.05) is 40.5 Å². The Morgan fingerprint density at radius 1 is 1.50 bits per heavy atom. The van der Waals surface area contributed by atoms with Gasteiger partial charge in [-0.05, 0) is 0 Å². The maximum atomic E-state index is 11.6.